The van der Waals surface area contributed by atoms with Crippen molar-refractivity contribution in [2.24, 2.45) is 0 Å². The molecule has 0 radical (unpaired) electrons. The van der Waals surface area contributed by atoms with E-state index in [1.807, 2.05) is 24.3 Å². The van der Waals surface area contributed by atoms with Crippen LogP contribution in [0.3, 0.4) is 0 Å². The predicted molar refractivity (Wildman–Crippen MR) is 84.7 cm³/mol. The Hall–Kier alpha value is -2.28. The van der Waals surface area contributed by atoms with Gasteiger partial charge in [0.1, 0.15) is 11.0 Å². The van der Waals surface area contributed by atoms with Crippen molar-refractivity contribution < 1.29 is 4.42 Å². The first-order valence-electron chi connectivity index (χ1n) is 6.87. The van der Waals surface area contributed by atoms with Gasteiger partial charge in [0.15, 0.2) is 0 Å². The Balaban J connectivity index is 2.47. The molecule has 0 spiro atoms. The van der Waals surface area contributed by atoms with Crippen molar-refractivity contribution >= 4 is 24.1 Å². The van der Waals surface area contributed by atoms with Gasteiger partial charge in [0.05, 0.1) is 0 Å². The first-order chi connectivity index (χ1) is 9.58. The molecule has 0 unspecified atom stereocenters. The fraction of sp³-hybridized carbons (Fsp3) is 0.158. The molecule has 1 heterocycles. The molecule has 0 aliphatic heterocycles. The summed E-state index contributed by atoms with van der Waals surface area (Å²) in [5.41, 5.74) is 2.99. The largest absolute Gasteiger partial charge is 0.455 e. The third-order valence-electron chi connectivity index (χ3n) is 3.74. The lowest BCUT2D eigenvalue weighted by molar-refractivity contribution is 0.578. The zero-order valence-corrected chi connectivity index (χ0v) is 11.9. The maximum absolute atomic E-state index is 5.96. The highest BCUT2D eigenvalue weighted by Crippen LogP contribution is 2.13. The van der Waals surface area contributed by atoms with Crippen LogP contribution >= 0.6 is 0 Å². The Morgan fingerprint density at radius 2 is 1.75 bits per heavy atom. The van der Waals surface area contributed by atoms with Crippen LogP contribution in [0.2, 0.25) is 0 Å². The first kappa shape index (κ1) is 12.7. The number of rotatable bonds is 1. The van der Waals surface area contributed by atoms with Gasteiger partial charge in [-0.15, -0.1) is 0 Å². The van der Waals surface area contributed by atoms with Crippen molar-refractivity contribution in [1.82, 2.24) is 0 Å². The van der Waals surface area contributed by atoms with Gasteiger partial charge < -0.3 is 4.42 Å². The molecular weight excluding hydrogens is 244 g/mol. The molecule has 0 atom stereocenters. The lowest BCUT2D eigenvalue weighted by atomic mass is 10.0. The van der Waals surface area contributed by atoms with Crippen molar-refractivity contribution in [2.45, 2.75) is 19.8 Å². The Bertz CT molecular complexity index is 961. The van der Waals surface area contributed by atoms with E-state index in [0.717, 1.165) is 32.0 Å². The van der Waals surface area contributed by atoms with E-state index in [-0.39, 0.29) is 0 Å². The Morgan fingerprint density at radius 1 is 1.00 bits per heavy atom. The normalized spacial score (nSPS) is 13.2. The Labute approximate surface area is 118 Å². The fourth-order valence-corrected chi connectivity index (χ4v) is 2.51. The minimum atomic E-state index is 0.499. The molecule has 20 heavy (non-hydrogen) atoms. The molecular formula is C19H18O. The van der Waals surface area contributed by atoms with Crippen LogP contribution in [0.25, 0.3) is 24.1 Å². The Morgan fingerprint density at radius 3 is 2.40 bits per heavy atom. The second kappa shape index (κ2) is 4.68. The standard InChI is InChI=1S/C19H18O/c1-12(2)15-9-10-16(13(3)11-15)19-14(4)17-7-5-6-8-18(17)20-19/h5-12H,3-4H2,1-2H3/b19-16+. The number of fused-ring (bicyclic) bond motifs is 1. The van der Waals surface area contributed by atoms with Gasteiger partial charge in [-0.1, -0.05) is 63.4 Å². The maximum Gasteiger partial charge on any atom is 0.142 e. The molecule has 3 rings (SSSR count). The quantitative estimate of drug-likeness (QED) is 0.652. The molecule has 0 aliphatic carbocycles. The van der Waals surface area contributed by atoms with Crippen LogP contribution in [0.1, 0.15) is 25.3 Å². The highest BCUT2D eigenvalue weighted by atomic mass is 16.3. The van der Waals surface area contributed by atoms with Crippen molar-refractivity contribution in [2.75, 3.05) is 0 Å². The molecule has 1 nitrogen and oxygen atoms in total. The summed E-state index contributed by atoms with van der Waals surface area (Å²) in [6.45, 7) is 12.7. The number of benzene rings is 2. The SMILES string of the molecule is C=c1cc(C(C)C)cc/c1=c1\oc2ccccc2c1=C. The van der Waals surface area contributed by atoms with Gasteiger partial charge in [-0.05, 0) is 22.8 Å². The predicted octanol–water partition coefficient (Wildman–Crippen LogP) is 3.66. The van der Waals surface area contributed by atoms with E-state index in [4.69, 9.17) is 4.42 Å². The van der Waals surface area contributed by atoms with Crippen LogP contribution in [0.5, 0.6) is 0 Å². The summed E-state index contributed by atoms with van der Waals surface area (Å²) in [5, 5.41) is 4.01. The molecule has 1 heteroatoms. The monoisotopic (exact) mass is 262 g/mol. The zero-order chi connectivity index (χ0) is 14.3. The van der Waals surface area contributed by atoms with E-state index in [1.54, 1.807) is 0 Å². The number of furan rings is 1. The van der Waals surface area contributed by atoms with E-state index in [9.17, 15) is 0 Å². The molecule has 0 fully saturated rings. The van der Waals surface area contributed by atoms with E-state index in [0.29, 0.717) is 5.92 Å². The van der Waals surface area contributed by atoms with Crippen LogP contribution in [0.4, 0.5) is 0 Å². The van der Waals surface area contributed by atoms with Gasteiger partial charge in [0.2, 0.25) is 0 Å². The summed E-state index contributed by atoms with van der Waals surface area (Å²) in [4.78, 5) is 0. The van der Waals surface area contributed by atoms with Gasteiger partial charge in [0.25, 0.3) is 0 Å². The summed E-state index contributed by atoms with van der Waals surface area (Å²) in [7, 11) is 0. The molecule has 100 valence electrons. The van der Waals surface area contributed by atoms with Gasteiger partial charge in [-0.2, -0.15) is 0 Å². The topological polar surface area (TPSA) is 13.1 Å². The molecule has 2 aromatic carbocycles. The lowest BCUT2D eigenvalue weighted by Gasteiger charge is -2.03. The van der Waals surface area contributed by atoms with Crippen LogP contribution in [0, 0.1) is 10.6 Å². The highest BCUT2D eigenvalue weighted by molar-refractivity contribution is 5.77. The van der Waals surface area contributed by atoms with E-state index in [1.165, 1.54) is 5.56 Å². The van der Waals surface area contributed by atoms with E-state index < -0.39 is 0 Å². The smallest absolute Gasteiger partial charge is 0.142 e. The minimum Gasteiger partial charge on any atom is -0.455 e. The van der Waals surface area contributed by atoms with Crippen LogP contribution in [0.15, 0.2) is 46.9 Å². The summed E-state index contributed by atoms with van der Waals surface area (Å²) in [6.07, 6.45) is 0. The summed E-state index contributed by atoms with van der Waals surface area (Å²) < 4.78 is 5.96. The summed E-state index contributed by atoms with van der Waals surface area (Å²) in [5.74, 6) is 0.499. The molecule has 3 aromatic rings. The molecule has 0 bridgehead atoms. The minimum absolute atomic E-state index is 0.499. The van der Waals surface area contributed by atoms with Crippen molar-refractivity contribution in [1.29, 1.82) is 0 Å². The van der Waals surface area contributed by atoms with Gasteiger partial charge in [0, 0.05) is 15.8 Å². The van der Waals surface area contributed by atoms with E-state index in [2.05, 4.69) is 45.2 Å². The van der Waals surface area contributed by atoms with Gasteiger partial charge in [-0.25, -0.2) is 0 Å². The average Bonchev–Trinajstić information content (AvgIpc) is 2.76. The van der Waals surface area contributed by atoms with Gasteiger partial charge >= 0.3 is 0 Å². The van der Waals surface area contributed by atoms with Crippen LogP contribution in [-0.2, 0) is 0 Å². The van der Waals surface area contributed by atoms with E-state index >= 15 is 0 Å². The number of hydrogen-bond donors (Lipinski definition) is 0. The summed E-state index contributed by atoms with van der Waals surface area (Å²) >= 11 is 0. The van der Waals surface area contributed by atoms with Crippen molar-refractivity contribution in [3.8, 4) is 0 Å². The molecule has 0 saturated carbocycles. The molecule has 0 amide bonds. The maximum atomic E-state index is 5.96. The first-order valence-corrected chi connectivity index (χ1v) is 6.87. The molecule has 0 N–H and O–H groups in total. The van der Waals surface area contributed by atoms with Crippen LogP contribution < -0.4 is 10.4 Å². The lowest BCUT2D eigenvalue weighted by Crippen LogP contribution is -2.06. The van der Waals surface area contributed by atoms with Crippen molar-refractivity contribution in [3.05, 3.63) is 69.1 Å². The molecule has 0 saturated heterocycles. The van der Waals surface area contributed by atoms with Gasteiger partial charge in [-0.3, -0.25) is 0 Å². The molecule has 1 aromatic heterocycles. The third-order valence-corrected chi connectivity index (χ3v) is 3.74. The third kappa shape index (κ3) is 1.96. The zero-order valence-electron chi connectivity index (χ0n) is 11.9. The highest BCUT2D eigenvalue weighted by Gasteiger charge is 2.02. The fourth-order valence-electron chi connectivity index (χ4n) is 2.51. The molecule has 0 aliphatic rings. The number of para-hydroxylation sites is 1. The van der Waals surface area contributed by atoms with Crippen molar-refractivity contribution in [3.63, 3.8) is 0 Å². The Kier molecular flexibility index (Phi) is 2.98. The average molecular weight is 262 g/mol. The van der Waals surface area contributed by atoms with Crippen LogP contribution in [-0.4, -0.2) is 0 Å². The summed E-state index contributed by atoms with van der Waals surface area (Å²) in [6, 6.07) is 14.3. The second-order valence-electron chi connectivity index (χ2n) is 5.48. The second-order valence-corrected chi connectivity index (χ2v) is 5.48. The number of hydrogen-bond acceptors (Lipinski definition) is 1.